The molecule has 2 heteroatoms. The van der Waals surface area contributed by atoms with Crippen molar-refractivity contribution in [1.29, 1.82) is 0 Å². The maximum atomic E-state index is 9.36. The van der Waals surface area contributed by atoms with Gasteiger partial charge in [0.2, 0.25) is 0 Å². The van der Waals surface area contributed by atoms with Crippen molar-refractivity contribution in [2.75, 3.05) is 0 Å². The monoisotopic (exact) mass is 370 g/mol. The molecule has 2 unspecified atom stereocenters. The van der Waals surface area contributed by atoms with Gasteiger partial charge >= 0.3 is 0 Å². The lowest BCUT2D eigenvalue weighted by molar-refractivity contribution is -0.0959. The summed E-state index contributed by atoms with van der Waals surface area (Å²) in [7, 11) is 0. The van der Waals surface area contributed by atoms with Gasteiger partial charge in [-0.3, -0.25) is 0 Å². The van der Waals surface area contributed by atoms with Crippen LogP contribution in [0.4, 0.5) is 0 Å². The molecule has 0 heterocycles. The summed E-state index contributed by atoms with van der Waals surface area (Å²) in [6.07, 6.45) is 20.5. The van der Waals surface area contributed by atoms with Gasteiger partial charge in [-0.1, -0.05) is 130 Å². The van der Waals surface area contributed by atoms with Crippen molar-refractivity contribution in [3.8, 4) is 0 Å². The normalized spacial score (nSPS) is 15.3. The molecule has 0 spiro atoms. The number of unbranched alkanes of at least 4 members (excludes halogenated alkanes) is 10. The first-order valence-electron chi connectivity index (χ1n) is 11.9. The van der Waals surface area contributed by atoms with Crippen LogP contribution in [0.5, 0.6) is 0 Å². The van der Waals surface area contributed by atoms with E-state index in [4.69, 9.17) is 0 Å². The molecule has 0 saturated heterocycles. The molecule has 0 aliphatic heterocycles. The Labute approximate surface area is 165 Å². The molecule has 0 bridgehead atoms. The molecule has 0 radical (unpaired) electrons. The van der Waals surface area contributed by atoms with E-state index in [1.165, 1.54) is 89.9 Å². The molecular formula is C24H50O2. The van der Waals surface area contributed by atoms with E-state index in [1.807, 2.05) is 6.92 Å². The maximum absolute atomic E-state index is 9.36. The van der Waals surface area contributed by atoms with E-state index < -0.39 is 6.29 Å². The van der Waals surface area contributed by atoms with Crippen molar-refractivity contribution < 1.29 is 10.2 Å². The Bertz CT molecular complexity index is 277. The zero-order chi connectivity index (χ0) is 19.6. The minimum atomic E-state index is -1.16. The molecule has 0 fully saturated rings. The van der Waals surface area contributed by atoms with E-state index in [-0.39, 0.29) is 5.92 Å². The first-order valence-corrected chi connectivity index (χ1v) is 11.9. The van der Waals surface area contributed by atoms with Crippen LogP contribution in [-0.2, 0) is 0 Å². The first-order chi connectivity index (χ1) is 12.5. The summed E-state index contributed by atoms with van der Waals surface area (Å²) < 4.78 is 0. The Balaban J connectivity index is 3.45. The molecule has 0 amide bonds. The highest BCUT2D eigenvalue weighted by molar-refractivity contribution is 4.67. The Kier molecular flexibility index (Phi) is 18.2. The average Bonchev–Trinajstić information content (AvgIpc) is 2.62. The zero-order valence-corrected chi connectivity index (χ0v) is 18.5. The number of aliphatic hydroxyl groups excluding tert-OH is 1. The quantitative estimate of drug-likeness (QED) is 0.183. The molecule has 3 atom stereocenters. The van der Waals surface area contributed by atoms with Crippen LogP contribution in [0.25, 0.3) is 0 Å². The highest BCUT2D eigenvalue weighted by Gasteiger charge is 2.20. The van der Waals surface area contributed by atoms with Crippen LogP contribution in [0.3, 0.4) is 0 Å². The molecule has 0 saturated carbocycles. The lowest BCUT2D eigenvalue weighted by Gasteiger charge is -2.24. The van der Waals surface area contributed by atoms with E-state index in [9.17, 15) is 10.2 Å². The molecule has 0 aromatic rings. The van der Waals surface area contributed by atoms with Crippen molar-refractivity contribution in [3.05, 3.63) is 0 Å². The van der Waals surface area contributed by atoms with Crippen molar-refractivity contribution in [2.24, 2.45) is 17.8 Å². The highest BCUT2D eigenvalue weighted by atomic mass is 16.5. The van der Waals surface area contributed by atoms with Gasteiger partial charge in [-0.2, -0.15) is 0 Å². The van der Waals surface area contributed by atoms with Crippen LogP contribution in [0.1, 0.15) is 130 Å². The molecule has 0 aromatic carbocycles. The molecule has 0 aliphatic rings. The second-order valence-corrected chi connectivity index (χ2v) is 8.80. The van der Waals surface area contributed by atoms with E-state index in [1.54, 1.807) is 0 Å². The summed E-state index contributed by atoms with van der Waals surface area (Å²) >= 11 is 0. The Morgan fingerprint density at radius 2 is 1.04 bits per heavy atom. The molecule has 2 nitrogen and oxygen atoms in total. The standard InChI is InChI=1S/C24H50O2/c1-5-7-8-9-10-11-12-13-14-15-16-18-21(3)19-17-20-23(6-2)22(4)24(25)26/h21-26H,5-20H2,1-4H3/t21?,22?,23-/m1/s1. The van der Waals surface area contributed by atoms with Crippen LogP contribution in [-0.4, -0.2) is 16.5 Å². The van der Waals surface area contributed by atoms with Gasteiger partial charge in [-0.15, -0.1) is 0 Å². The van der Waals surface area contributed by atoms with Crippen LogP contribution in [0.2, 0.25) is 0 Å². The summed E-state index contributed by atoms with van der Waals surface area (Å²) in [5.74, 6) is 1.27. The lowest BCUT2D eigenvalue weighted by atomic mass is 9.85. The third-order valence-electron chi connectivity index (χ3n) is 6.31. The average molecular weight is 371 g/mol. The second kappa shape index (κ2) is 18.3. The molecule has 0 rings (SSSR count). The van der Waals surface area contributed by atoms with Crippen molar-refractivity contribution >= 4 is 0 Å². The molecule has 26 heavy (non-hydrogen) atoms. The summed E-state index contributed by atoms with van der Waals surface area (Å²) in [4.78, 5) is 0. The highest BCUT2D eigenvalue weighted by Crippen LogP contribution is 2.26. The van der Waals surface area contributed by atoms with Crippen molar-refractivity contribution in [3.63, 3.8) is 0 Å². The minimum absolute atomic E-state index is 0.00181. The minimum Gasteiger partial charge on any atom is -0.368 e. The number of aliphatic hydroxyl groups is 2. The molecule has 158 valence electrons. The van der Waals surface area contributed by atoms with Crippen molar-refractivity contribution in [1.82, 2.24) is 0 Å². The SMILES string of the molecule is CCCCCCCCCCCCCC(C)CCC[C@@H](CC)C(C)C(O)O. The Morgan fingerprint density at radius 1 is 0.577 bits per heavy atom. The lowest BCUT2D eigenvalue weighted by Crippen LogP contribution is -2.24. The molecule has 0 aliphatic carbocycles. The van der Waals surface area contributed by atoms with Gasteiger partial charge in [0, 0.05) is 5.92 Å². The predicted molar refractivity (Wildman–Crippen MR) is 115 cm³/mol. The third kappa shape index (κ3) is 15.0. The van der Waals surface area contributed by atoms with Gasteiger partial charge in [0.1, 0.15) is 0 Å². The summed E-state index contributed by atoms with van der Waals surface area (Å²) in [5.41, 5.74) is 0. The topological polar surface area (TPSA) is 40.5 Å². The van der Waals surface area contributed by atoms with Gasteiger partial charge in [0.25, 0.3) is 0 Å². The van der Waals surface area contributed by atoms with E-state index in [0.717, 1.165) is 18.8 Å². The van der Waals surface area contributed by atoms with E-state index in [2.05, 4.69) is 20.8 Å². The van der Waals surface area contributed by atoms with Crippen LogP contribution in [0.15, 0.2) is 0 Å². The summed E-state index contributed by atoms with van der Waals surface area (Å²) in [5, 5.41) is 18.7. The van der Waals surface area contributed by atoms with Crippen LogP contribution >= 0.6 is 0 Å². The Morgan fingerprint density at radius 3 is 1.50 bits per heavy atom. The maximum Gasteiger partial charge on any atom is 0.154 e. The van der Waals surface area contributed by atoms with Crippen LogP contribution < -0.4 is 0 Å². The Hall–Kier alpha value is -0.0800. The summed E-state index contributed by atoms with van der Waals surface area (Å²) in [6, 6.07) is 0. The van der Waals surface area contributed by atoms with E-state index in [0.29, 0.717) is 5.92 Å². The van der Waals surface area contributed by atoms with Gasteiger partial charge in [0.05, 0.1) is 0 Å². The van der Waals surface area contributed by atoms with Gasteiger partial charge < -0.3 is 10.2 Å². The fourth-order valence-corrected chi connectivity index (χ4v) is 4.11. The van der Waals surface area contributed by atoms with Gasteiger partial charge in [0.15, 0.2) is 6.29 Å². The fraction of sp³-hybridized carbons (Fsp3) is 1.00. The number of hydrogen-bond donors (Lipinski definition) is 2. The number of hydrogen-bond acceptors (Lipinski definition) is 2. The number of rotatable bonds is 19. The summed E-state index contributed by atoms with van der Waals surface area (Å²) in [6.45, 7) is 8.80. The van der Waals surface area contributed by atoms with Crippen molar-refractivity contribution in [2.45, 2.75) is 137 Å². The predicted octanol–water partition coefficient (Wildman–Crippen LogP) is 7.47. The van der Waals surface area contributed by atoms with Crippen LogP contribution in [0, 0.1) is 17.8 Å². The first kappa shape index (κ1) is 25.9. The largest absolute Gasteiger partial charge is 0.368 e. The molecule has 2 N–H and O–H groups in total. The molecule has 0 aromatic heterocycles. The fourth-order valence-electron chi connectivity index (χ4n) is 4.11. The third-order valence-corrected chi connectivity index (χ3v) is 6.31. The second-order valence-electron chi connectivity index (χ2n) is 8.80. The zero-order valence-electron chi connectivity index (χ0n) is 18.5. The molecular weight excluding hydrogens is 320 g/mol. The van der Waals surface area contributed by atoms with Gasteiger partial charge in [-0.05, 0) is 11.8 Å². The smallest absolute Gasteiger partial charge is 0.154 e. The van der Waals surface area contributed by atoms with E-state index >= 15 is 0 Å². The van der Waals surface area contributed by atoms with Gasteiger partial charge in [-0.25, -0.2) is 0 Å².